The number of carbonyl (C=O) groups excluding carboxylic acids is 2. The minimum atomic E-state index is -1.43. The number of nitrogens with zero attached hydrogens (tertiary/aromatic N) is 1. The van der Waals surface area contributed by atoms with E-state index in [0.717, 1.165) is 0 Å². The van der Waals surface area contributed by atoms with E-state index in [1.807, 2.05) is 0 Å². The van der Waals surface area contributed by atoms with E-state index in [1.165, 1.54) is 0 Å². The fourth-order valence-corrected chi connectivity index (χ4v) is 0.682. The lowest BCUT2D eigenvalue weighted by Crippen LogP contribution is -2.45. The Labute approximate surface area is 77.9 Å². The fourth-order valence-electron chi connectivity index (χ4n) is 0.682. The van der Waals surface area contributed by atoms with Gasteiger partial charge in [0.05, 0.1) is 0 Å². The van der Waals surface area contributed by atoms with E-state index in [-0.39, 0.29) is 0 Å². The Kier molecular flexibility index (Phi) is 4.07. The third-order valence-electron chi connectivity index (χ3n) is 1.15. The summed E-state index contributed by atoms with van der Waals surface area (Å²) in [5, 5.41) is 16.6. The van der Waals surface area contributed by atoms with Gasteiger partial charge in [0.1, 0.15) is 13.1 Å². The molecule has 14 heavy (non-hydrogen) atoms. The Hall–Kier alpha value is -2.12. The van der Waals surface area contributed by atoms with Crippen LogP contribution in [0.3, 0.4) is 0 Å². The number of rotatable bonds is 4. The van der Waals surface area contributed by atoms with E-state index in [9.17, 15) is 19.2 Å². The Morgan fingerprint density at radius 3 is 1.57 bits per heavy atom. The minimum Gasteiger partial charge on any atom is -0.480 e. The van der Waals surface area contributed by atoms with Gasteiger partial charge in [-0.1, -0.05) is 0 Å². The van der Waals surface area contributed by atoms with E-state index < -0.39 is 36.8 Å². The molecule has 0 bridgehead atoms. The number of carbonyl (C=O) groups is 4. The van der Waals surface area contributed by atoms with Crippen LogP contribution in [0, 0.1) is 0 Å². The fraction of sp³-hybridized carbons (Fsp3) is 0.333. The summed E-state index contributed by atoms with van der Waals surface area (Å²) in [7, 11) is 0. The van der Waals surface area contributed by atoms with Gasteiger partial charge in [-0.15, -0.1) is 0 Å². The van der Waals surface area contributed by atoms with Crippen LogP contribution in [0.15, 0.2) is 0 Å². The molecule has 0 aliphatic heterocycles. The smallest absolute Gasteiger partial charge is 0.323 e. The van der Waals surface area contributed by atoms with E-state index in [1.54, 1.807) is 0 Å². The molecule has 0 radical (unpaired) electrons. The van der Waals surface area contributed by atoms with Gasteiger partial charge in [0, 0.05) is 0 Å². The summed E-state index contributed by atoms with van der Waals surface area (Å²) in [5.74, 6) is -5.59. The Balaban J connectivity index is 4.54. The normalized spacial score (nSPS) is 9.14. The van der Waals surface area contributed by atoms with Crippen LogP contribution in [0.5, 0.6) is 0 Å². The molecule has 2 amide bonds. The molecule has 0 saturated carbocycles. The van der Waals surface area contributed by atoms with Crippen LogP contribution >= 0.6 is 0 Å². The molecule has 0 unspecified atom stereocenters. The first-order valence-corrected chi connectivity index (χ1v) is 3.37. The monoisotopic (exact) mass is 204 g/mol. The summed E-state index contributed by atoms with van der Waals surface area (Å²) in [6, 6.07) is 0. The molecule has 0 fully saturated rings. The highest BCUT2D eigenvalue weighted by Gasteiger charge is 2.23. The van der Waals surface area contributed by atoms with E-state index in [0.29, 0.717) is 4.90 Å². The zero-order chi connectivity index (χ0) is 11.3. The summed E-state index contributed by atoms with van der Waals surface area (Å²) < 4.78 is 0. The first kappa shape index (κ1) is 11.9. The van der Waals surface area contributed by atoms with Crippen molar-refractivity contribution in [3.05, 3.63) is 0 Å². The number of hydrogen-bond donors (Lipinski definition) is 3. The molecule has 0 heterocycles. The number of carboxylic acid groups (broad SMARTS) is 2. The van der Waals surface area contributed by atoms with Crippen molar-refractivity contribution in [2.24, 2.45) is 5.73 Å². The molecule has 4 N–H and O–H groups in total. The van der Waals surface area contributed by atoms with Gasteiger partial charge in [-0.05, 0) is 0 Å². The number of amides is 2. The van der Waals surface area contributed by atoms with Crippen molar-refractivity contribution in [2.45, 2.75) is 0 Å². The topological polar surface area (TPSA) is 138 Å². The highest BCUT2D eigenvalue weighted by molar-refractivity contribution is 6.34. The first-order chi connectivity index (χ1) is 6.34. The van der Waals surface area contributed by atoms with Gasteiger partial charge in [-0.2, -0.15) is 0 Å². The number of hydrogen-bond acceptors (Lipinski definition) is 4. The summed E-state index contributed by atoms with van der Waals surface area (Å²) in [6.07, 6.45) is 0. The van der Waals surface area contributed by atoms with Crippen LogP contribution in [0.2, 0.25) is 0 Å². The number of primary amides is 1. The molecule has 0 aliphatic carbocycles. The molecular formula is C6H8N2O6. The molecule has 0 saturated heterocycles. The van der Waals surface area contributed by atoms with Crippen LogP contribution in [0.25, 0.3) is 0 Å². The van der Waals surface area contributed by atoms with Crippen LogP contribution in [-0.4, -0.2) is 52.0 Å². The lowest BCUT2D eigenvalue weighted by molar-refractivity contribution is -0.152. The molecule has 0 aliphatic rings. The standard InChI is InChI=1S/C6H8N2O6/c7-5(13)6(14)8(1-3(9)10)2-4(11)12/h1-2H2,(H2,7,13)(H,9,10)(H,11,12). The highest BCUT2D eigenvalue weighted by Crippen LogP contribution is 1.89. The summed E-state index contributed by atoms with van der Waals surface area (Å²) in [6.45, 7) is -1.76. The molecule has 0 aromatic heterocycles. The Bertz CT molecular complexity index is 270. The second-order valence-corrected chi connectivity index (χ2v) is 2.31. The predicted molar refractivity (Wildman–Crippen MR) is 41.0 cm³/mol. The zero-order valence-corrected chi connectivity index (χ0v) is 6.97. The van der Waals surface area contributed by atoms with Crippen molar-refractivity contribution in [1.82, 2.24) is 4.90 Å². The third kappa shape index (κ3) is 4.04. The molecule has 0 rings (SSSR count). The van der Waals surface area contributed by atoms with E-state index in [2.05, 4.69) is 5.73 Å². The number of aliphatic carboxylic acids is 2. The van der Waals surface area contributed by atoms with Gasteiger partial charge < -0.3 is 20.8 Å². The number of carboxylic acids is 2. The average molecular weight is 204 g/mol. The quantitative estimate of drug-likeness (QED) is 0.431. The van der Waals surface area contributed by atoms with Crippen molar-refractivity contribution >= 4 is 23.8 Å². The van der Waals surface area contributed by atoms with Crippen molar-refractivity contribution < 1.29 is 29.4 Å². The molecule has 0 aromatic carbocycles. The third-order valence-corrected chi connectivity index (χ3v) is 1.15. The van der Waals surface area contributed by atoms with E-state index >= 15 is 0 Å². The second kappa shape index (κ2) is 4.80. The maximum absolute atomic E-state index is 10.8. The van der Waals surface area contributed by atoms with Gasteiger partial charge >= 0.3 is 23.8 Å². The molecule has 0 atom stereocenters. The molecule has 78 valence electrons. The molecule has 8 nitrogen and oxygen atoms in total. The maximum Gasteiger partial charge on any atom is 0.323 e. The van der Waals surface area contributed by atoms with Crippen LogP contribution in [0.1, 0.15) is 0 Å². The summed E-state index contributed by atoms with van der Waals surface area (Å²) in [5.41, 5.74) is 4.57. The molecule has 0 spiro atoms. The van der Waals surface area contributed by atoms with Crippen LogP contribution in [0.4, 0.5) is 0 Å². The molecule has 8 heteroatoms. The lowest BCUT2D eigenvalue weighted by atomic mass is 10.4. The van der Waals surface area contributed by atoms with Crippen molar-refractivity contribution in [1.29, 1.82) is 0 Å². The Morgan fingerprint density at radius 1 is 1.00 bits per heavy atom. The van der Waals surface area contributed by atoms with Gasteiger partial charge in [0.25, 0.3) is 0 Å². The summed E-state index contributed by atoms with van der Waals surface area (Å²) >= 11 is 0. The first-order valence-electron chi connectivity index (χ1n) is 3.37. The highest BCUT2D eigenvalue weighted by atomic mass is 16.4. The summed E-state index contributed by atoms with van der Waals surface area (Å²) in [4.78, 5) is 41.9. The molecule has 0 aromatic rings. The van der Waals surface area contributed by atoms with Gasteiger partial charge in [-0.3, -0.25) is 19.2 Å². The lowest BCUT2D eigenvalue weighted by Gasteiger charge is -2.15. The van der Waals surface area contributed by atoms with Gasteiger partial charge in [0.2, 0.25) is 0 Å². The van der Waals surface area contributed by atoms with E-state index in [4.69, 9.17) is 10.2 Å². The van der Waals surface area contributed by atoms with Crippen molar-refractivity contribution in [3.8, 4) is 0 Å². The van der Waals surface area contributed by atoms with Gasteiger partial charge in [0.15, 0.2) is 0 Å². The zero-order valence-electron chi connectivity index (χ0n) is 6.97. The van der Waals surface area contributed by atoms with Crippen molar-refractivity contribution in [2.75, 3.05) is 13.1 Å². The largest absolute Gasteiger partial charge is 0.480 e. The van der Waals surface area contributed by atoms with Crippen LogP contribution < -0.4 is 5.73 Å². The maximum atomic E-state index is 10.8. The average Bonchev–Trinajstić information content (AvgIpc) is 1.99. The number of nitrogens with two attached hydrogens (primary N) is 1. The second-order valence-electron chi connectivity index (χ2n) is 2.31. The molecular weight excluding hydrogens is 196 g/mol. The predicted octanol–water partition coefficient (Wildman–Crippen LogP) is -2.53. The SMILES string of the molecule is NC(=O)C(=O)N(CC(=O)O)CC(=O)O. The van der Waals surface area contributed by atoms with Crippen LogP contribution in [-0.2, 0) is 19.2 Å². The van der Waals surface area contributed by atoms with Gasteiger partial charge in [-0.25, -0.2) is 0 Å². The Morgan fingerprint density at radius 2 is 1.36 bits per heavy atom. The minimum absolute atomic E-state index is 0.326. The van der Waals surface area contributed by atoms with Crippen molar-refractivity contribution in [3.63, 3.8) is 0 Å².